The molecule has 0 amide bonds. The summed E-state index contributed by atoms with van der Waals surface area (Å²) in [6.07, 6.45) is 0.992. The lowest BCUT2D eigenvalue weighted by Crippen LogP contribution is -2.37. The predicted molar refractivity (Wildman–Crippen MR) is 77.7 cm³/mol. The van der Waals surface area contributed by atoms with E-state index in [1.165, 1.54) is 0 Å². The van der Waals surface area contributed by atoms with Crippen molar-refractivity contribution in [2.24, 2.45) is 0 Å². The van der Waals surface area contributed by atoms with Crippen LogP contribution in [-0.4, -0.2) is 52.6 Å². The van der Waals surface area contributed by atoms with Gasteiger partial charge >= 0.3 is 0 Å². The monoisotopic (exact) mass is 284 g/mol. The van der Waals surface area contributed by atoms with Crippen LogP contribution in [0.2, 0.25) is 0 Å². The zero-order valence-electron chi connectivity index (χ0n) is 12.3. The molecule has 0 radical (unpaired) electrons. The summed E-state index contributed by atoms with van der Waals surface area (Å²) in [4.78, 5) is 8.61. The average molecular weight is 284 g/mol. The summed E-state index contributed by atoms with van der Waals surface area (Å²) in [5.41, 5.74) is -1.19. The fourth-order valence-electron chi connectivity index (χ4n) is 1.46. The molecular weight excluding hydrogens is 260 g/mol. The zero-order chi connectivity index (χ0) is 15.0. The van der Waals surface area contributed by atoms with Crippen LogP contribution >= 0.6 is 0 Å². The Morgan fingerprint density at radius 1 is 1.30 bits per heavy atom. The molecule has 0 bridgehead atoms. The summed E-state index contributed by atoms with van der Waals surface area (Å²) in [5.74, 6) is 1.85. The van der Waals surface area contributed by atoms with Gasteiger partial charge in [-0.05, 0) is 13.3 Å². The van der Waals surface area contributed by atoms with E-state index in [4.69, 9.17) is 9.84 Å². The van der Waals surface area contributed by atoms with Crippen LogP contribution in [0.4, 0.5) is 11.6 Å². The van der Waals surface area contributed by atoms with Crippen molar-refractivity contribution in [3.05, 3.63) is 11.9 Å². The Balaban J connectivity index is 2.79. The molecule has 0 saturated carbocycles. The van der Waals surface area contributed by atoms with E-state index in [2.05, 4.69) is 27.5 Å². The second kappa shape index (κ2) is 7.98. The molecule has 0 spiro atoms. The molecule has 1 aromatic heterocycles. The highest BCUT2D eigenvalue weighted by molar-refractivity contribution is 5.47. The van der Waals surface area contributed by atoms with Gasteiger partial charge in [-0.2, -0.15) is 0 Å². The molecule has 20 heavy (non-hydrogen) atoms. The summed E-state index contributed by atoms with van der Waals surface area (Å²) in [5, 5.41) is 25.0. The van der Waals surface area contributed by atoms with Gasteiger partial charge in [0, 0.05) is 26.3 Å². The molecule has 4 N–H and O–H groups in total. The first-order chi connectivity index (χ1) is 9.50. The maximum atomic E-state index is 9.77. The maximum absolute atomic E-state index is 9.77. The highest BCUT2D eigenvalue weighted by Gasteiger charge is 2.18. The van der Waals surface area contributed by atoms with E-state index in [0.29, 0.717) is 24.1 Å². The smallest absolute Gasteiger partial charge is 0.158 e. The largest absolute Gasteiger partial charge is 0.393 e. The van der Waals surface area contributed by atoms with E-state index >= 15 is 0 Å². The Kier molecular flexibility index (Phi) is 6.63. The Bertz CT molecular complexity index is 413. The number of ether oxygens (including phenoxy) is 1. The van der Waals surface area contributed by atoms with Crippen molar-refractivity contribution in [3.63, 3.8) is 0 Å². The van der Waals surface area contributed by atoms with Gasteiger partial charge in [0.25, 0.3) is 0 Å². The number of hydrogen-bond donors (Lipinski definition) is 4. The number of aromatic nitrogens is 2. The van der Waals surface area contributed by atoms with Crippen LogP contribution in [0, 0.1) is 0 Å². The molecule has 7 nitrogen and oxygen atoms in total. The van der Waals surface area contributed by atoms with Crippen molar-refractivity contribution >= 4 is 11.6 Å². The lowest BCUT2D eigenvalue weighted by atomic mass is 10.1. The van der Waals surface area contributed by atoms with Crippen molar-refractivity contribution in [3.8, 4) is 0 Å². The van der Waals surface area contributed by atoms with Gasteiger partial charge in [0.1, 0.15) is 23.8 Å². The van der Waals surface area contributed by atoms with Crippen LogP contribution in [0.25, 0.3) is 0 Å². The van der Waals surface area contributed by atoms with Crippen molar-refractivity contribution < 1.29 is 14.9 Å². The maximum Gasteiger partial charge on any atom is 0.158 e. The van der Waals surface area contributed by atoms with Crippen molar-refractivity contribution in [1.29, 1.82) is 0 Å². The minimum Gasteiger partial charge on any atom is -0.393 e. The van der Waals surface area contributed by atoms with E-state index in [9.17, 15) is 5.11 Å². The third-order valence-electron chi connectivity index (χ3n) is 2.59. The Labute approximate surface area is 119 Å². The van der Waals surface area contributed by atoms with E-state index in [0.717, 1.165) is 13.0 Å². The molecule has 1 heterocycles. The highest BCUT2D eigenvalue weighted by atomic mass is 16.5. The molecule has 0 saturated heterocycles. The van der Waals surface area contributed by atoms with Gasteiger partial charge in [0.2, 0.25) is 0 Å². The SMILES string of the molecule is CCCNc1cc(NCC(C)(O)CO)nc(COC)n1. The molecule has 0 fully saturated rings. The van der Waals surface area contributed by atoms with Crippen LogP contribution < -0.4 is 10.6 Å². The highest BCUT2D eigenvalue weighted by Crippen LogP contribution is 2.13. The molecule has 1 rings (SSSR count). The lowest BCUT2D eigenvalue weighted by Gasteiger charge is -2.21. The fraction of sp³-hybridized carbons (Fsp3) is 0.692. The number of anilines is 2. The first-order valence-electron chi connectivity index (χ1n) is 6.68. The summed E-state index contributed by atoms with van der Waals surface area (Å²) < 4.78 is 5.04. The van der Waals surface area contributed by atoms with Gasteiger partial charge in [-0.25, -0.2) is 9.97 Å². The van der Waals surface area contributed by atoms with Gasteiger partial charge < -0.3 is 25.6 Å². The van der Waals surface area contributed by atoms with Gasteiger partial charge in [-0.1, -0.05) is 6.92 Å². The van der Waals surface area contributed by atoms with Crippen LogP contribution in [-0.2, 0) is 11.3 Å². The molecule has 0 aliphatic rings. The zero-order valence-corrected chi connectivity index (χ0v) is 12.3. The molecule has 1 atom stereocenters. The Hall–Kier alpha value is -1.44. The summed E-state index contributed by atoms with van der Waals surface area (Å²) >= 11 is 0. The molecule has 0 aliphatic carbocycles. The number of rotatable bonds is 9. The lowest BCUT2D eigenvalue weighted by molar-refractivity contribution is 0.0131. The van der Waals surface area contributed by atoms with Gasteiger partial charge in [-0.3, -0.25) is 0 Å². The van der Waals surface area contributed by atoms with Gasteiger partial charge in [0.05, 0.1) is 6.61 Å². The first kappa shape index (κ1) is 16.6. The number of methoxy groups -OCH3 is 1. The van der Waals surface area contributed by atoms with Crippen LogP contribution in [0.3, 0.4) is 0 Å². The average Bonchev–Trinajstić information content (AvgIpc) is 2.43. The summed E-state index contributed by atoms with van der Waals surface area (Å²) in [6, 6.07) is 1.77. The quantitative estimate of drug-likeness (QED) is 0.527. The number of nitrogens with zero attached hydrogens (tertiary/aromatic N) is 2. The van der Waals surface area contributed by atoms with Crippen molar-refractivity contribution in [1.82, 2.24) is 9.97 Å². The van der Waals surface area contributed by atoms with Gasteiger partial charge in [-0.15, -0.1) is 0 Å². The summed E-state index contributed by atoms with van der Waals surface area (Å²) in [6.45, 7) is 4.62. The molecular formula is C13H24N4O3. The van der Waals surface area contributed by atoms with E-state index in [1.54, 1.807) is 20.1 Å². The van der Waals surface area contributed by atoms with E-state index in [1.807, 2.05) is 0 Å². The second-order valence-corrected chi connectivity index (χ2v) is 4.92. The van der Waals surface area contributed by atoms with Crippen molar-refractivity contribution in [2.75, 3.05) is 37.4 Å². The molecule has 114 valence electrons. The fourth-order valence-corrected chi connectivity index (χ4v) is 1.46. The third-order valence-corrected chi connectivity index (χ3v) is 2.59. The van der Waals surface area contributed by atoms with Crippen molar-refractivity contribution in [2.45, 2.75) is 32.5 Å². The summed E-state index contributed by atoms with van der Waals surface area (Å²) in [7, 11) is 1.58. The number of aliphatic hydroxyl groups is 2. The number of hydrogen-bond acceptors (Lipinski definition) is 7. The second-order valence-electron chi connectivity index (χ2n) is 4.92. The third kappa shape index (κ3) is 5.68. The van der Waals surface area contributed by atoms with Gasteiger partial charge in [0.15, 0.2) is 5.82 Å². The number of nitrogens with one attached hydrogen (secondary N) is 2. The first-order valence-corrected chi connectivity index (χ1v) is 6.68. The van der Waals surface area contributed by atoms with Crippen LogP contribution in [0.5, 0.6) is 0 Å². The van der Waals surface area contributed by atoms with Crippen LogP contribution in [0.1, 0.15) is 26.1 Å². The topological polar surface area (TPSA) is 99.5 Å². The minimum absolute atomic E-state index is 0.195. The van der Waals surface area contributed by atoms with Crippen LogP contribution in [0.15, 0.2) is 6.07 Å². The molecule has 0 aliphatic heterocycles. The number of aliphatic hydroxyl groups excluding tert-OH is 1. The van der Waals surface area contributed by atoms with E-state index < -0.39 is 5.60 Å². The standard InChI is InChI=1S/C13H24N4O3/c1-4-5-14-10-6-11(15-8-13(2,19)9-18)17-12(16-10)7-20-3/h6,18-19H,4-5,7-9H2,1-3H3,(H2,14,15,16,17). The molecule has 7 heteroatoms. The minimum atomic E-state index is -1.19. The molecule has 1 unspecified atom stereocenters. The molecule has 1 aromatic rings. The van der Waals surface area contributed by atoms with E-state index in [-0.39, 0.29) is 13.2 Å². The Morgan fingerprint density at radius 3 is 2.50 bits per heavy atom. The predicted octanol–water partition coefficient (Wildman–Crippen LogP) is 0.600. The Morgan fingerprint density at radius 2 is 1.95 bits per heavy atom. The normalized spacial score (nSPS) is 13.8. The molecule has 0 aromatic carbocycles.